The second kappa shape index (κ2) is 9.78. The van der Waals surface area contributed by atoms with Gasteiger partial charge in [0, 0.05) is 25.2 Å². The van der Waals surface area contributed by atoms with E-state index in [4.69, 9.17) is 14.7 Å². The molecule has 0 saturated heterocycles. The predicted octanol–water partition coefficient (Wildman–Crippen LogP) is 2.78. The fourth-order valence-corrected chi connectivity index (χ4v) is 2.30. The number of hydrogen-bond donors (Lipinski definition) is 0. The molecule has 0 atom stereocenters. The zero-order valence-corrected chi connectivity index (χ0v) is 15.2. The van der Waals surface area contributed by atoms with Crippen molar-refractivity contribution in [2.45, 2.75) is 6.54 Å². The Morgan fingerprint density at radius 3 is 2.52 bits per heavy atom. The predicted molar refractivity (Wildman–Crippen MR) is 101 cm³/mol. The molecule has 0 heterocycles. The SMILES string of the molecule is COc1ccccc1CN(C)C(=O)COC(=O)/C=C/c1ccc(C#N)cc1. The lowest BCUT2D eigenvalue weighted by molar-refractivity contribution is -0.147. The van der Waals surface area contributed by atoms with Crippen LogP contribution in [-0.2, 0) is 20.9 Å². The fourth-order valence-electron chi connectivity index (χ4n) is 2.30. The van der Waals surface area contributed by atoms with E-state index < -0.39 is 5.97 Å². The van der Waals surface area contributed by atoms with Gasteiger partial charge in [-0.1, -0.05) is 30.3 Å². The molecule has 138 valence electrons. The highest BCUT2D eigenvalue weighted by atomic mass is 16.5. The Morgan fingerprint density at radius 2 is 1.85 bits per heavy atom. The first-order valence-electron chi connectivity index (χ1n) is 8.24. The van der Waals surface area contributed by atoms with E-state index >= 15 is 0 Å². The molecule has 6 heteroatoms. The normalized spacial score (nSPS) is 10.3. The van der Waals surface area contributed by atoms with Crippen LogP contribution in [-0.4, -0.2) is 37.5 Å². The Labute approximate surface area is 158 Å². The van der Waals surface area contributed by atoms with Gasteiger partial charge in [-0.3, -0.25) is 4.79 Å². The molecule has 2 aromatic rings. The van der Waals surface area contributed by atoms with E-state index in [1.54, 1.807) is 44.5 Å². The van der Waals surface area contributed by atoms with Gasteiger partial charge in [-0.25, -0.2) is 4.79 Å². The van der Waals surface area contributed by atoms with Crippen LogP contribution in [0.25, 0.3) is 6.08 Å². The standard InChI is InChI=1S/C21H20N2O4/c1-23(14-18-5-3-4-6-19(18)26-2)20(24)15-27-21(25)12-11-16-7-9-17(13-22)10-8-16/h3-12H,14-15H2,1-2H3/b12-11+. The minimum absolute atomic E-state index is 0.318. The number of ether oxygens (including phenoxy) is 2. The van der Waals surface area contributed by atoms with Crippen LogP contribution in [0.15, 0.2) is 54.6 Å². The summed E-state index contributed by atoms with van der Waals surface area (Å²) in [5, 5.41) is 8.75. The molecule has 0 saturated carbocycles. The third-order valence-corrected chi connectivity index (χ3v) is 3.82. The van der Waals surface area contributed by atoms with Gasteiger partial charge in [0.1, 0.15) is 5.75 Å². The number of methoxy groups -OCH3 is 1. The highest BCUT2D eigenvalue weighted by Gasteiger charge is 2.13. The summed E-state index contributed by atoms with van der Waals surface area (Å²) in [4.78, 5) is 25.4. The third kappa shape index (κ3) is 6.01. The lowest BCUT2D eigenvalue weighted by Crippen LogP contribution is -2.30. The fraction of sp³-hybridized carbons (Fsp3) is 0.190. The molecular weight excluding hydrogens is 344 g/mol. The van der Waals surface area contributed by atoms with Crippen molar-refractivity contribution in [3.05, 3.63) is 71.3 Å². The maximum Gasteiger partial charge on any atom is 0.331 e. The van der Waals surface area contributed by atoms with Crippen molar-refractivity contribution in [2.75, 3.05) is 20.8 Å². The molecule has 0 aliphatic carbocycles. The Kier molecular flexibility index (Phi) is 7.15. The van der Waals surface area contributed by atoms with Gasteiger partial charge in [-0.15, -0.1) is 0 Å². The molecule has 0 aliphatic heterocycles. The first-order valence-corrected chi connectivity index (χ1v) is 8.24. The summed E-state index contributed by atoms with van der Waals surface area (Å²) >= 11 is 0. The summed E-state index contributed by atoms with van der Waals surface area (Å²) in [6, 6.07) is 16.2. The van der Waals surface area contributed by atoms with Gasteiger partial charge >= 0.3 is 5.97 Å². The number of benzene rings is 2. The molecule has 0 aliphatic rings. The van der Waals surface area contributed by atoms with Gasteiger partial charge in [0.15, 0.2) is 6.61 Å². The number of nitrogens with zero attached hydrogens (tertiary/aromatic N) is 2. The van der Waals surface area contributed by atoms with Crippen molar-refractivity contribution >= 4 is 18.0 Å². The number of hydrogen-bond acceptors (Lipinski definition) is 5. The van der Waals surface area contributed by atoms with Gasteiger partial charge < -0.3 is 14.4 Å². The smallest absolute Gasteiger partial charge is 0.331 e. The Morgan fingerprint density at radius 1 is 1.15 bits per heavy atom. The van der Waals surface area contributed by atoms with E-state index in [-0.39, 0.29) is 12.5 Å². The number of carbonyl (C=O) groups is 2. The van der Waals surface area contributed by atoms with Crippen LogP contribution in [0, 0.1) is 11.3 Å². The number of para-hydroxylation sites is 1. The lowest BCUT2D eigenvalue weighted by Gasteiger charge is -2.18. The van der Waals surface area contributed by atoms with Crippen molar-refractivity contribution in [3.63, 3.8) is 0 Å². The number of nitriles is 1. The minimum atomic E-state index is -0.613. The molecule has 1 amide bonds. The van der Waals surface area contributed by atoms with Gasteiger partial charge in [0.05, 0.1) is 18.7 Å². The second-order valence-electron chi connectivity index (χ2n) is 5.74. The number of carbonyl (C=O) groups excluding carboxylic acids is 2. The molecule has 0 N–H and O–H groups in total. The van der Waals surface area contributed by atoms with Crippen LogP contribution in [0.4, 0.5) is 0 Å². The van der Waals surface area contributed by atoms with Gasteiger partial charge in [-0.05, 0) is 29.8 Å². The zero-order chi connectivity index (χ0) is 19.6. The monoisotopic (exact) mass is 364 g/mol. The quantitative estimate of drug-likeness (QED) is 0.557. The topological polar surface area (TPSA) is 79.6 Å². The summed E-state index contributed by atoms with van der Waals surface area (Å²) < 4.78 is 10.2. The van der Waals surface area contributed by atoms with E-state index in [2.05, 4.69) is 0 Å². The second-order valence-corrected chi connectivity index (χ2v) is 5.74. The van der Waals surface area contributed by atoms with Crippen molar-refractivity contribution in [3.8, 4) is 11.8 Å². The molecule has 0 fully saturated rings. The van der Waals surface area contributed by atoms with Crippen LogP contribution in [0.1, 0.15) is 16.7 Å². The van der Waals surface area contributed by atoms with Gasteiger partial charge in [0.2, 0.25) is 0 Å². The summed E-state index contributed by atoms with van der Waals surface area (Å²) in [5.41, 5.74) is 2.16. The summed E-state index contributed by atoms with van der Waals surface area (Å²) in [7, 11) is 3.21. The maximum absolute atomic E-state index is 12.1. The average Bonchev–Trinajstić information content (AvgIpc) is 2.71. The summed E-state index contributed by atoms with van der Waals surface area (Å²) in [6.07, 6.45) is 2.81. The molecule has 0 radical (unpaired) electrons. The van der Waals surface area contributed by atoms with Crippen molar-refractivity contribution in [1.29, 1.82) is 5.26 Å². The van der Waals surface area contributed by atoms with E-state index in [0.29, 0.717) is 17.9 Å². The first-order chi connectivity index (χ1) is 13.0. The van der Waals surface area contributed by atoms with E-state index in [1.165, 1.54) is 11.0 Å². The zero-order valence-electron chi connectivity index (χ0n) is 15.2. The molecule has 0 unspecified atom stereocenters. The largest absolute Gasteiger partial charge is 0.496 e. The van der Waals surface area contributed by atoms with Crippen LogP contribution < -0.4 is 4.74 Å². The van der Waals surface area contributed by atoms with Crippen molar-refractivity contribution in [2.24, 2.45) is 0 Å². The number of likely N-dealkylation sites (N-methyl/N-ethyl adjacent to an activating group) is 1. The van der Waals surface area contributed by atoms with E-state index in [0.717, 1.165) is 11.1 Å². The van der Waals surface area contributed by atoms with E-state index in [9.17, 15) is 9.59 Å². The molecule has 6 nitrogen and oxygen atoms in total. The summed E-state index contributed by atoms with van der Waals surface area (Å²) in [6.45, 7) is 0.00364. The molecule has 0 aromatic heterocycles. The summed E-state index contributed by atoms with van der Waals surface area (Å²) in [5.74, 6) is -0.237. The number of esters is 1. The van der Waals surface area contributed by atoms with Crippen LogP contribution in [0.2, 0.25) is 0 Å². The molecular formula is C21H20N2O4. The van der Waals surface area contributed by atoms with Crippen molar-refractivity contribution in [1.82, 2.24) is 4.90 Å². The third-order valence-electron chi connectivity index (χ3n) is 3.82. The molecule has 0 spiro atoms. The molecule has 27 heavy (non-hydrogen) atoms. The lowest BCUT2D eigenvalue weighted by atomic mass is 10.1. The van der Waals surface area contributed by atoms with Crippen LogP contribution in [0.3, 0.4) is 0 Å². The number of rotatable bonds is 7. The van der Waals surface area contributed by atoms with Crippen LogP contribution >= 0.6 is 0 Å². The van der Waals surface area contributed by atoms with E-state index in [1.807, 2.05) is 30.3 Å². The Bertz CT molecular complexity index is 866. The van der Waals surface area contributed by atoms with Crippen LogP contribution in [0.5, 0.6) is 5.75 Å². The van der Waals surface area contributed by atoms with Gasteiger partial charge in [-0.2, -0.15) is 5.26 Å². The van der Waals surface area contributed by atoms with Gasteiger partial charge in [0.25, 0.3) is 5.91 Å². The maximum atomic E-state index is 12.1. The minimum Gasteiger partial charge on any atom is -0.496 e. The Balaban J connectivity index is 1.83. The Hall–Kier alpha value is -3.59. The van der Waals surface area contributed by atoms with Crippen molar-refractivity contribution < 1.29 is 19.1 Å². The molecule has 2 rings (SSSR count). The highest BCUT2D eigenvalue weighted by molar-refractivity contribution is 5.89. The molecule has 0 bridgehead atoms. The first kappa shape index (κ1) is 19.7. The highest BCUT2D eigenvalue weighted by Crippen LogP contribution is 2.18. The molecule has 2 aromatic carbocycles. The number of amides is 1. The average molecular weight is 364 g/mol.